The molecule has 2 nitrogen and oxygen atoms in total. The van der Waals surface area contributed by atoms with Gasteiger partial charge in [0.05, 0.1) is 6.61 Å². The molecular weight excluding hydrogens is 186 g/mol. The molecule has 84 valence electrons. The minimum absolute atomic E-state index is 0.165. The highest BCUT2D eigenvalue weighted by Crippen LogP contribution is 2.26. The second-order valence-corrected chi connectivity index (χ2v) is 4.57. The van der Waals surface area contributed by atoms with E-state index >= 15 is 0 Å². The molecular formula is C13H21NO. The summed E-state index contributed by atoms with van der Waals surface area (Å²) in [7, 11) is 1.92. The smallest absolute Gasteiger partial charge is 0.0537 e. The van der Waals surface area contributed by atoms with Crippen LogP contribution in [0.4, 0.5) is 0 Å². The molecule has 0 aliphatic rings. The van der Waals surface area contributed by atoms with Gasteiger partial charge >= 0.3 is 0 Å². The maximum atomic E-state index is 9.55. The SMILES string of the molecule is CNCC(C)(CO)c1cc(C)ccc1C. The van der Waals surface area contributed by atoms with Crippen molar-refractivity contribution in [2.45, 2.75) is 26.2 Å². The second kappa shape index (κ2) is 4.77. The molecule has 0 saturated heterocycles. The van der Waals surface area contributed by atoms with Gasteiger partial charge in [-0.25, -0.2) is 0 Å². The van der Waals surface area contributed by atoms with Crippen molar-refractivity contribution in [2.75, 3.05) is 20.2 Å². The Bertz CT molecular complexity index is 335. The summed E-state index contributed by atoms with van der Waals surface area (Å²) in [5, 5.41) is 12.7. The van der Waals surface area contributed by atoms with Crippen LogP contribution < -0.4 is 5.32 Å². The maximum Gasteiger partial charge on any atom is 0.0537 e. The topological polar surface area (TPSA) is 32.3 Å². The predicted octanol–water partition coefficient (Wildman–Crippen LogP) is 1.77. The molecule has 15 heavy (non-hydrogen) atoms. The van der Waals surface area contributed by atoms with E-state index in [1.165, 1.54) is 16.7 Å². The monoisotopic (exact) mass is 207 g/mol. The van der Waals surface area contributed by atoms with E-state index in [-0.39, 0.29) is 12.0 Å². The summed E-state index contributed by atoms with van der Waals surface area (Å²) in [6, 6.07) is 6.40. The number of aliphatic hydroxyl groups excluding tert-OH is 1. The van der Waals surface area contributed by atoms with E-state index in [2.05, 4.69) is 44.3 Å². The van der Waals surface area contributed by atoms with Gasteiger partial charge in [0.2, 0.25) is 0 Å². The van der Waals surface area contributed by atoms with E-state index in [9.17, 15) is 5.11 Å². The predicted molar refractivity (Wildman–Crippen MR) is 64.3 cm³/mol. The first-order valence-electron chi connectivity index (χ1n) is 5.36. The number of aliphatic hydroxyl groups is 1. The van der Waals surface area contributed by atoms with E-state index < -0.39 is 0 Å². The zero-order valence-electron chi connectivity index (χ0n) is 10.1. The molecule has 1 aromatic carbocycles. The van der Waals surface area contributed by atoms with E-state index in [1.807, 2.05) is 7.05 Å². The Morgan fingerprint density at radius 1 is 1.33 bits per heavy atom. The van der Waals surface area contributed by atoms with Crippen molar-refractivity contribution < 1.29 is 5.11 Å². The van der Waals surface area contributed by atoms with Crippen molar-refractivity contribution in [3.63, 3.8) is 0 Å². The number of benzene rings is 1. The standard InChI is InChI=1S/C13H21NO/c1-10-5-6-11(2)12(7-10)13(3,9-15)8-14-4/h5-7,14-15H,8-9H2,1-4H3. The van der Waals surface area contributed by atoms with Crippen LogP contribution in [0.1, 0.15) is 23.6 Å². The lowest BCUT2D eigenvalue weighted by Gasteiger charge is -2.29. The number of rotatable bonds is 4. The molecule has 0 saturated carbocycles. The molecule has 1 aromatic rings. The van der Waals surface area contributed by atoms with Crippen LogP contribution in [-0.4, -0.2) is 25.3 Å². The molecule has 2 N–H and O–H groups in total. The zero-order valence-corrected chi connectivity index (χ0v) is 10.1. The number of nitrogens with one attached hydrogen (secondary N) is 1. The lowest BCUT2D eigenvalue weighted by atomic mass is 9.80. The van der Waals surface area contributed by atoms with E-state index in [1.54, 1.807) is 0 Å². The van der Waals surface area contributed by atoms with Gasteiger partial charge in [-0.2, -0.15) is 0 Å². The fourth-order valence-corrected chi connectivity index (χ4v) is 2.01. The van der Waals surface area contributed by atoms with Gasteiger partial charge in [0.25, 0.3) is 0 Å². The maximum absolute atomic E-state index is 9.55. The summed E-state index contributed by atoms with van der Waals surface area (Å²) in [5.74, 6) is 0. The van der Waals surface area contributed by atoms with Crippen LogP contribution in [0.2, 0.25) is 0 Å². The second-order valence-electron chi connectivity index (χ2n) is 4.57. The molecule has 0 radical (unpaired) electrons. The lowest BCUT2D eigenvalue weighted by Crippen LogP contribution is -2.38. The first-order valence-corrected chi connectivity index (χ1v) is 5.36. The van der Waals surface area contributed by atoms with Gasteiger partial charge in [0.15, 0.2) is 0 Å². The first-order chi connectivity index (χ1) is 7.03. The fraction of sp³-hybridized carbons (Fsp3) is 0.538. The van der Waals surface area contributed by atoms with Crippen molar-refractivity contribution in [1.82, 2.24) is 5.32 Å². The third-order valence-electron chi connectivity index (χ3n) is 2.96. The molecule has 1 atom stereocenters. The van der Waals surface area contributed by atoms with Crippen LogP contribution in [0.3, 0.4) is 0 Å². The van der Waals surface area contributed by atoms with Gasteiger partial charge in [0.1, 0.15) is 0 Å². The van der Waals surface area contributed by atoms with Crippen LogP contribution >= 0.6 is 0 Å². The van der Waals surface area contributed by atoms with Crippen molar-refractivity contribution in [3.05, 3.63) is 34.9 Å². The van der Waals surface area contributed by atoms with Crippen LogP contribution in [0.25, 0.3) is 0 Å². The Morgan fingerprint density at radius 3 is 2.53 bits per heavy atom. The van der Waals surface area contributed by atoms with Crippen molar-refractivity contribution in [1.29, 1.82) is 0 Å². The number of hydrogen-bond donors (Lipinski definition) is 2. The van der Waals surface area contributed by atoms with Gasteiger partial charge in [-0.3, -0.25) is 0 Å². The molecule has 2 heteroatoms. The van der Waals surface area contributed by atoms with Crippen LogP contribution in [0.15, 0.2) is 18.2 Å². The van der Waals surface area contributed by atoms with Crippen LogP contribution in [0, 0.1) is 13.8 Å². The van der Waals surface area contributed by atoms with Gasteiger partial charge in [0, 0.05) is 12.0 Å². The lowest BCUT2D eigenvalue weighted by molar-refractivity contribution is 0.203. The molecule has 1 rings (SSSR count). The van der Waals surface area contributed by atoms with E-state index in [0.29, 0.717) is 0 Å². The summed E-state index contributed by atoms with van der Waals surface area (Å²) in [5.41, 5.74) is 3.53. The Labute approximate surface area is 92.3 Å². The van der Waals surface area contributed by atoms with Gasteiger partial charge in [-0.05, 0) is 32.0 Å². The quantitative estimate of drug-likeness (QED) is 0.788. The first kappa shape index (κ1) is 12.2. The van der Waals surface area contributed by atoms with Crippen LogP contribution in [0.5, 0.6) is 0 Å². The summed E-state index contributed by atoms with van der Waals surface area (Å²) in [6.07, 6.45) is 0. The largest absolute Gasteiger partial charge is 0.395 e. The molecule has 0 aliphatic carbocycles. The summed E-state index contributed by atoms with van der Waals surface area (Å²) < 4.78 is 0. The number of likely N-dealkylation sites (N-methyl/N-ethyl adjacent to an activating group) is 1. The Hall–Kier alpha value is -0.860. The summed E-state index contributed by atoms with van der Waals surface area (Å²) >= 11 is 0. The van der Waals surface area contributed by atoms with Crippen LogP contribution in [-0.2, 0) is 5.41 Å². The zero-order chi connectivity index (χ0) is 11.5. The Balaban J connectivity index is 3.16. The average Bonchev–Trinajstić information content (AvgIpc) is 2.22. The average molecular weight is 207 g/mol. The highest BCUT2D eigenvalue weighted by atomic mass is 16.3. The van der Waals surface area contributed by atoms with Crippen molar-refractivity contribution >= 4 is 0 Å². The highest BCUT2D eigenvalue weighted by Gasteiger charge is 2.26. The Morgan fingerprint density at radius 2 is 2.00 bits per heavy atom. The number of hydrogen-bond acceptors (Lipinski definition) is 2. The molecule has 1 unspecified atom stereocenters. The third kappa shape index (κ3) is 2.58. The van der Waals surface area contributed by atoms with Crippen molar-refractivity contribution in [2.24, 2.45) is 0 Å². The van der Waals surface area contributed by atoms with E-state index in [0.717, 1.165) is 6.54 Å². The van der Waals surface area contributed by atoms with Gasteiger partial charge < -0.3 is 10.4 Å². The highest BCUT2D eigenvalue weighted by molar-refractivity contribution is 5.36. The molecule has 0 spiro atoms. The molecule has 0 amide bonds. The minimum atomic E-state index is -0.190. The van der Waals surface area contributed by atoms with Gasteiger partial charge in [-0.15, -0.1) is 0 Å². The normalized spacial score (nSPS) is 15.0. The van der Waals surface area contributed by atoms with Crippen molar-refractivity contribution in [3.8, 4) is 0 Å². The van der Waals surface area contributed by atoms with E-state index in [4.69, 9.17) is 0 Å². The molecule has 0 heterocycles. The minimum Gasteiger partial charge on any atom is -0.395 e. The molecule has 0 fully saturated rings. The number of aryl methyl sites for hydroxylation is 2. The Kier molecular flexibility index (Phi) is 3.89. The molecule has 0 aliphatic heterocycles. The third-order valence-corrected chi connectivity index (χ3v) is 2.96. The molecule has 0 aromatic heterocycles. The summed E-state index contributed by atoms with van der Waals surface area (Å²) in [6.45, 7) is 7.22. The fourth-order valence-electron chi connectivity index (χ4n) is 2.01. The molecule has 0 bridgehead atoms. The summed E-state index contributed by atoms with van der Waals surface area (Å²) in [4.78, 5) is 0. The van der Waals surface area contributed by atoms with Gasteiger partial charge in [-0.1, -0.05) is 30.7 Å².